The molecule has 1 atom stereocenters. The van der Waals surface area contributed by atoms with Crippen molar-refractivity contribution in [2.75, 3.05) is 38.4 Å². The van der Waals surface area contributed by atoms with Crippen LogP contribution in [0.3, 0.4) is 0 Å². The molecule has 43 heavy (non-hydrogen) atoms. The first kappa shape index (κ1) is 28.0. The zero-order valence-corrected chi connectivity index (χ0v) is 23.7. The van der Waals surface area contributed by atoms with E-state index in [0.29, 0.717) is 48.3 Å². The zero-order chi connectivity index (χ0) is 29.8. The minimum absolute atomic E-state index is 0.0361. The van der Waals surface area contributed by atoms with Gasteiger partial charge in [0.15, 0.2) is 17.2 Å². The molecule has 2 aromatic heterocycles. The number of hydroxylamine groups is 2. The number of fused-ring (bicyclic) bond motifs is 1. The SMILES string of the molecule is COc1ccc(ON(CCc2ccc3c(c2)OCO3)C(=O)C2NCCN(c3cc(Cl)nc(-n4ccnc4)n3)C2=C=O)cc1. The Morgan fingerprint density at radius 2 is 1.95 bits per heavy atom. The summed E-state index contributed by atoms with van der Waals surface area (Å²) in [6, 6.07) is 12.9. The van der Waals surface area contributed by atoms with Gasteiger partial charge in [-0.05, 0) is 48.4 Å². The molecular formula is C29H26ClN7O6. The van der Waals surface area contributed by atoms with Crippen molar-refractivity contribution in [2.24, 2.45) is 0 Å². The van der Waals surface area contributed by atoms with E-state index in [1.54, 1.807) is 53.2 Å². The second-order valence-electron chi connectivity index (χ2n) is 9.49. The van der Waals surface area contributed by atoms with Gasteiger partial charge in [-0.3, -0.25) is 14.7 Å². The molecule has 0 radical (unpaired) electrons. The Labute approximate surface area is 251 Å². The van der Waals surface area contributed by atoms with Gasteiger partial charge in [0.25, 0.3) is 5.91 Å². The molecule has 1 amide bonds. The zero-order valence-electron chi connectivity index (χ0n) is 23.0. The van der Waals surface area contributed by atoms with E-state index in [0.717, 1.165) is 5.56 Å². The summed E-state index contributed by atoms with van der Waals surface area (Å²) in [4.78, 5) is 47.0. The van der Waals surface area contributed by atoms with Crippen LogP contribution in [0, 0.1) is 0 Å². The molecule has 4 heterocycles. The number of piperazine rings is 1. The molecule has 0 aliphatic carbocycles. The molecule has 1 unspecified atom stereocenters. The van der Waals surface area contributed by atoms with Gasteiger partial charge in [0.1, 0.15) is 40.7 Å². The molecule has 0 spiro atoms. The number of imidazole rings is 1. The maximum atomic E-state index is 14.1. The summed E-state index contributed by atoms with van der Waals surface area (Å²) in [5, 5.41) is 4.52. The molecule has 1 fully saturated rings. The lowest BCUT2D eigenvalue weighted by Gasteiger charge is -2.36. The molecule has 6 rings (SSSR count). The molecule has 2 aliphatic heterocycles. The fraction of sp³-hybridized carbons (Fsp3) is 0.241. The highest BCUT2D eigenvalue weighted by Gasteiger charge is 2.37. The minimum Gasteiger partial charge on any atom is -0.497 e. The minimum atomic E-state index is -1.08. The first-order chi connectivity index (χ1) is 21.0. The lowest BCUT2D eigenvalue weighted by atomic mass is 10.1. The Balaban J connectivity index is 1.27. The number of methoxy groups -OCH3 is 1. The Kier molecular flexibility index (Phi) is 8.09. The fourth-order valence-electron chi connectivity index (χ4n) is 4.71. The third-order valence-corrected chi connectivity index (χ3v) is 7.04. The second-order valence-corrected chi connectivity index (χ2v) is 9.88. The first-order valence-electron chi connectivity index (χ1n) is 13.3. The summed E-state index contributed by atoms with van der Waals surface area (Å²) in [5.74, 6) is 4.42. The van der Waals surface area contributed by atoms with Gasteiger partial charge in [-0.2, -0.15) is 10.0 Å². The molecule has 220 valence electrons. The normalized spacial score (nSPS) is 15.6. The highest BCUT2D eigenvalue weighted by atomic mass is 35.5. The van der Waals surface area contributed by atoms with E-state index in [2.05, 4.69) is 20.3 Å². The Hall–Kier alpha value is -5.10. The number of hydrogen-bond donors (Lipinski definition) is 1. The highest BCUT2D eigenvalue weighted by molar-refractivity contribution is 6.29. The molecule has 0 saturated carbocycles. The van der Waals surface area contributed by atoms with Crippen LogP contribution < -0.4 is 29.3 Å². The molecule has 1 saturated heterocycles. The van der Waals surface area contributed by atoms with E-state index in [4.69, 9.17) is 30.6 Å². The van der Waals surface area contributed by atoms with Crippen molar-refractivity contribution in [3.8, 4) is 28.9 Å². The summed E-state index contributed by atoms with van der Waals surface area (Å²) in [5.41, 5.74) is 0.946. The molecule has 4 aromatic rings. The molecule has 14 heteroatoms. The van der Waals surface area contributed by atoms with Gasteiger partial charge in [-0.15, -0.1) is 0 Å². The van der Waals surface area contributed by atoms with Gasteiger partial charge < -0.3 is 23.9 Å². The van der Waals surface area contributed by atoms with Gasteiger partial charge in [-0.25, -0.2) is 14.8 Å². The van der Waals surface area contributed by atoms with Crippen LogP contribution in [0.25, 0.3) is 5.95 Å². The molecule has 13 nitrogen and oxygen atoms in total. The van der Waals surface area contributed by atoms with E-state index in [1.165, 1.54) is 17.5 Å². The van der Waals surface area contributed by atoms with Crippen LogP contribution in [0.15, 0.2) is 72.9 Å². The van der Waals surface area contributed by atoms with Crippen LogP contribution in [0.1, 0.15) is 5.56 Å². The number of amides is 1. The summed E-state index contributed by atoms with van der Waals surface area (Å²) >= 11 is 6.32. The number of hydrogen-bond acceptors (Lipinski definition) is 11. The predicted molar refractivity (Wildman–Crippen MR) is 154 cm³/mol. The van der Waals surface area contributed by atoms with Crippen molar-refractivity contribution in [1.29, 1.82) is 0 Å². The Bertz CT molecular complexity index is 1660. The topological polar surface area (TPSA) is 133 Å². The third kappa shape index (κ3) is 6.09. The smallest absolute Gasteiger partial charge is 0.279 e. The number of nitrogens with one attached hydrogen (secondary N) is 1. The third-order valence-electron chi connectivity index (χ3n) is 6.84. The predicted octanol–water partition coefficient (Wildman–Crippen LogP) is 2.61. The summed E-state index contributed by atoms with van der Waals surface area (Å²) in [6.07, 6.45) is 5.22. The number of carbonyl (C=O) groups is 1. The summed E-state index contributed by atoms with van der Waals surface area (Å²) in [6.45, 7) is 1.03. The van der Waals surface area contributed by atoms with E-state index >= 15 is 0 Å². The number of aromatic nitrogens is 4. The molecule has 1 N–H and O–H groups in total. The lowest BCUT2D eigenvalue weighted by Crippen LogP contribution is -2.57. The average Bonchev–Trinajstić information content (AvgIpc) is 3.75. The number of benzene rings is 2. The number of rotatable bonds is 9. The first-order valence-corrected chi connectivity index (χ1v) is 13.7. The van der Waals surface area contributed by atoms with Crippen LogP contribution in [-0.2, 0) is 16.0 Å². The van der Waals surface area contributed by atoms with Crippen LogP contribution in [0.2, 0.25) is 5.15 Å². The standard InChI is InChI=1S/C29H26ClN7O6/c1-40-20-3-5-21(6-4-20)43-37(11-8-19-2-7-23-24(14-19)42-18-41-23)28(39)27-22(16-38)36(13-10-32-27)26-15-25(30)33-29(34-26)35-12-9-31-17-35/h2-7,9,12,14-15,17,27,32H,8,10-11,13,18H2,1H3. The van der Waals surface area contributed by atoms with Gasteiger partial charge in [-0.1, -0.05) is 17.7 Å². The number of ether oxygens (including phenoxy) is 3. The van der Waals surface area contributed by atoms with Crippen LogP contribution in [0.4, 0.5) is 5.82 Å². The maximum absolute atomic E-state index is 14.1. The summed E-state index contributed by atoms with van der Waals surface area (Å²) in [7, 11) is 1.56. The molecule has 2 aromatic carbocycles. The highest BCUT2D eigenvalue weighted by Crippen LogP contribution is 2.33. The number of nitrogens with zero attached hydrogens (tertiary/aromatic N) is 6. The second kappa shape index (κ2) is 12.4. The van der Waals surface area contributed by atoms with Gasteiger partial charge in [0, 0.05) is 31.5 Å². The van der Waals surface area contributed by atoms with Crippen LogP contribution in [0.5, 0.6) is 23.0 Å². The molecule has 0 bridgehead atoms. The Morgan fingerprint density at radius 3 is 2.72 bits per heavy atom. The fourth-order valence-corrected chi connectivity index (χ4v) is 4.88. The van der Waals surface area contributed by atoms with E-state index in [1.807, 2.05) is 24.1 Å². The number of halogens is 1. The van der Waals surface area contributed by atoms with Gasteiger partial charge in [0.2, 0.25) is 12.7 Å². The van der Waals surface area contributed by atoms with Crippen molar-refractivity contribution >= 4 is 29.3 Å². The van der Waals surface area contributed by atoms with E-state index in [-0.39, 0.29) is 30.1 Å². The van der Waals surface area contributed by atoms with Gasteiger partial charge >= 0.3 is 0 Å². The van der Waals surface area contributed by atoms with Crippen molar-refractivity contribution in [3.05, 3.63) is 83.7 Å². The average molecular weight is 604 g/mol. The number of anilines is 1. The van der Waals surface area contributed by atoms with Crippen LogP contribution in [-0.4, -0.2) is 76.0 Å². The molecule has 2 aliphatic rings. The van der Waals surface area contributed by atoms with Crippen molar-refractivity contribution in [3.63, 3.8) is 0 Å². The Morgan fingerprint density at radius 1 is 1.14 bits per heavy atom. The number of carbonyl (C=O) groups excluding carboxylic acids is 2. The quantitative estimate of drug-likeness (QED) is 0.172. The summed E-state index contributed by atoms with van der Waals surface area (Å²) < 4.78 is 17.7. The van der Waals surface area contributed by atoms with E-state index in [9.17, 15) is 9.59 Å². The monoisotopic (exact) mass is 603 g/mol. The van der Waals surface area contributed by atoms with Crippen LogP contribution >= 0.6 is 11.6 Å². The van der Waals surface area contributed by atoms with E-state index < -0.39 is 11.9 Å². The lowest BCUT2D eigenvalue weighted by molar-refractivity contribution is -0.159. The largest absolute Gasteiger partial charge is 0.497 e. The van der Waals surface area contributed by atoms with Gasteiger partial charge in [0.05, 0.1) is 13.7 Å². The maximum Gasteiger partial charge on any atom is 0.279 e. The van der Waals surface area contributed by atoms with Crippen molar-refractivity contribution in [2.45, 2.75) is 12.5 Å². The molecular weight excluding hydrogens is 578 g/mol. The van der Waals surface area contributed by atoms with Crippen molar-refractivity contribution in [1.82, 2.24) is 29.9 Å². The van der Waals surface area contributed by atoms with Crippen molar-refractivity contribution < 1.29 is 28.6 Å².